The van der Waals surface area contributed by atoms with Crippen molar-refractivity contribution in [2.75, 3.05) is 6.61 Å². The second-order valence-electron chi connectivity index (χ2n) is 5.87. The van der Waals surface area contributed by atoms with E-state index >= 15 is 0 Å². The fourth-order valence-corrected chi connectivity index (χ4v) is 2.85. The van der Waals surface area contributed by atoms with Gasteiger partial charge in [-0.1, -0.05) is 13.0 Å². The molecule has 0 aliphatic heterocycles. The van der Waals surface area contributed by atoms with Gasteiger partial charge in [0.25, 0.3) is 5.56 Å². The van der Waals surface area contributed by atoms with Crippen LogP contribution in [0.4, 0.5) is 0 Å². The molecule has 0 aliphatic carbocycles. The van der Waals surface area contributed by atoms with E-state index < -0.39 is 5.97 Å². The lowest BCUT2D eigenvalue weighted by Gasteiger charge is -2.13. The van der Waals surface area contributed by atoms with Crippen LogP contribution in [0.15, 0.2) is 29.2 Å². The van der Waals surface area contributed by atoms with Gasteiger partial charge in [0.15, 0.2) is 0 Å². The third kappa shape index (κ3) is 2.82. The van der Waals surface area contributed by atoms with Crippen molar-refractivity contribution in [3.63, 3.8) is 0 Å². The van der Waals surface area contributed by atoms with E-state index in [-0.39, 0.29) is 23.2 Å². The first-order valence-electron chi connectivity index (χ1n) is 8.26. The molecule has 7 heteroatoms. The zero-order chi connectivity index (χ0) is 18.1. The normalized spacial score (nSPS) is 11.2. The van der Waals surface area contributed by atoms with Gasteiger partial charge >= 0.3 is 5.97 Å². The summed E-state index contributed by atoms with van der Waals surface area (Å²) in [5.41, 5.74) is 1.68. The first-order valence-corrected chi connectivity index (χ1v) is 8.26. The van der Waals surface area contributed by atoms with Crippen LogP contribution in [0.1, 0.15) is 36.2 Å². The number of hydrogen-bond acceptors (Lipinski definition) is 5. The fourth-order valence-electron chi connectivity index (χ4n) is 2.85. The third-order valence-corrected chi connectivity index (χ3v) is 4.00. The molecular weight excluding hydrogens is 320 g/mol. The number of nitrogens with one attached hydrogen (secondary N) is 1. The van der Waals surface area contributed by atoms with Crippen LogP contribution in [0.2, 0.25) is 0 Å². The van der Waals surface area contributed by atoms with Crippen molar-refractivity contribution in [3.05, 3.63) is 51.4 Å². The van der Waals surface area contributed by atoms with Crippen molar-refractivity contribution < 1.29 is 9.53 Å². The lowest BCUT2D eigenvalue weighted by molar-refractivity contribution is 0.0523. The predicted molar refractivity (Wildman–Crippen MR) is 93.8 cm³/mol. The number of rotatable bonds is 4. The van der Waals surface area contributed by atoms with E-state index in [0.717, 1.165) is 12.0 Å². The van der Waals surface area contributed by atoms with Crippen molar-refractivity contribution in [1.82, 2.24) is 14.0 Å². The number of esters is 1. The molecule has 0 aliphatic rings. The van der Waals surface area contributed by atoms with E-state index in [1.165, 1.54) is 10.5 Å². The molecular formula is C18H20N4O3. The zero-order valence-electron chi connectivity index (χ0n) is 14.5. The summed E-state index contributed by atoms with van der Waals surface area (Å²) >= 11 is 0. The van der Waals surface area contributed by atoms with E-state index in [0.29, 0.717) is 23.2 Å². The highest BCUT2D eigenvalue weighted by atomic mass is 16.5. The average molecular weight is 340 g/mol. The number of aryl methyl sites for hydroxylation is 2. The van der Waals surface area contributed by atoms with Gasteiger partial charge in [0.05, 0.1) is 12.0 Å². The lowest BCUT2D eigenvalue weighted by atomic mass is 10.2. The Balaban J connectivity index is 2.46. The zero-order valence-corrected chi connectivity index (χ0v) is 14.5. The van der Waals surface area contributed by atoms with Crippen LogP contribution in [0.3, 0.4) is 0 Å². The average Bonchev–Trinajstić information content (AvgIpc) is 2.58. The van der Waals surface area contributed by atoms with Crippen LogP contribution in [0.5, 0.6) is 0 Å². The number of hydrogen-bond donors (Lipinski definition) is 1. The molecule has 3 aromatic rings. The smallest absolute Gasteiger partial charge is 0.341 e. The minimum absolute atomic E-state index is 0.0103. The van der Waals surface area contributed by atoms with Gasteiger partial charge in [0, 0.05) is 12.7 Å². The number of ether oxygens (including phenoxy) is 1. The van der Waals surface area contributed by atoms with Gasteiger partial charge in [-0.15, -0.1) is 0 Å². The van der Waals surface area contributed by atoms with Crippen LogP contribution >= 0.6 is 0 Å². The van der Waals surface area contributed by atoms with Crippen LogP contribution in [0.25, 0.3) is 16.7 Å². The Hall–Kier alpha value is -2.96. The largest absolute Gasteiger partial charge is 0.462 e. The van der Waals surface area contributed by atoms with Gasteiger partial charge < -0.3 is 9.30 Å². The highest BCUT2D eigenvalue weighted by molar-refractivity contribution is 5.93. The molecule has 0 bridgehead atoms. The van der Waals surface area contributed by atoms with Gasteiger partial charge in [-0.25, -0.2) is 9.78 Å². The van der Waals surface area contributed by atoms with Crippen LogP contribution < -0.4 is 11.0 Å². The van der Waals surface area contributed by atoms with E-state index in [4.69, 9.17) is 10.1 Å². The molecule has 0 unspecified atom stereocenters. The van der Waals surface area contributed by atoms with Crippen molar-refractivity contribution in [3.8, 4) is 0 Å². The first-order chi connectivity index (χ1) is 12.0. The molecule has 25 heavy (non-hydrogen) atoms. The molecule has 1 N–H and O–H groups in total. The Labute approximate surface area is 144 Å². The predicted octanol–water partition coefficient (Wildman–Crippen LogP) is 2.02. The summed E-state index contributed by atoms with van der Waals surface area (Å²) in [6.07, 6.45) is 2.46. The molecule has 3 aromatic heterocycles. The van der Waals surface area contributed by atoms with Crippen molar-refractivity contribution >= 4 is 22.6 Å². The minimum atomic E-state index is -0.604. The number of aromatic nitrogens is 3. The lowest BCUT2D eigenvalue weighted by Crippen LogP contribution is -2.31. The quantitative estimate of drug-likeness (QED) is 0.581. The summed E-state index contributed by atoms with van der Waals surface area (Å²) in [6.45, 7) is 6.25. The molecule has 130 valence electrons. The second-order valence-corrected chi connectivity index (χ2v) is 5.87. The Bertz CT molecular complexity index is 1100. The maximum absolute atomic E-state index is 12.9. The van der Waals surface area contributed by atoms with Gasteiger partial charge in [-0.05, 0) is 38.0 Å². The number of fused-ring (bicyclic) bond motifs is 2. The number of nitrogens with zero attached hydrogens (tertiary/aromatic N) is 3. The van der Waals surface area contributed by atoms with E-state index in [1.807, 2.05) is 19.9 Å². The maximum atomic E-state index is 12.9. The summed E-state index contributed by atoms with van der Waals surface area (Å²) < 4.78 is 8.10. The molecule has 0 saturated carbocycles. The summed E-state index contributed by atoms with van der Waals surface area (Å²) in [4.78, 5) is 29.7. The first kappa shape index (κ1) is 16.9. The van der Waals surface area contributed by atoms with Crippen LogP contribution in [-0.4, -0.2) is 26.5 Å². The number of carbonyl (C=O) groups excluding carboxylic acids is 1. The number of carbonyl (C=O) groups is 1. The van der Waals surface area contributed by atoms with E-state index in [9.17, 15) is 9.59 Å². The van der Waals surface area contributed by atoms with Crippen LogP contribution in [0, 0.1) is 12.3 Å². The second kappa shape index (κ2) is 6.51. The molecule has 0 amide bonds. The summed E-state index contributed by atoms with van der Waals surface area (Å²) in [7, 11) is 0. The fraction of sp³-hybridized carbons (Fsp3) is 0.333. The summed E-state index contributed by atoms with van der Waals surface area (Å²) in [5, 5.41) is 8.67. The molecule has 0 radical (unpaired) electrons. The highest BCUT2D eigenvalue weighted by Crippen LogP contribution is 2.12. The molecule has 0 fully saturated rings. The highest BCUT2D eigenvalue weighted by Gasteiger charge is 2.17. The van der Waals surface area contributed by atoms with Crippen molar-refractivity contribution in [2.24, 2.45) is 0 Å². The van der Waals surface area contributed by atoms with E-state index in [2.05, 4.69) is 4.98 Å². The van der Waals surface area contributed by atoms with Gasteiger partial charge in [0.2, 0.25) is 0 Å². The Morgan fingerprint density at radius 2 is 2.08 bits per heavy atom. The molecule has 3 rings (SSSR count). The molecule has 3 heterocycles. The molecule has 0 atom stereocenters. The monoisotopic (exact) mass is 340 g/mol. The van der Waals surface area contributed by atoms with Gasteiger partial charge in [-0.2, -0.15) is 0 Å². The molecule has 0 aromatic carbocycles. The number of pyridine rings is 2. The Kier molecular flexibility index (Phi) is 4.39. The topological polar surface area (TPSA) is 89.5 Å². The van der Waals surface area contributed by atoms with Crippen molar-refractivity contribution in [2.45, 2.75) is 33.7 Å². The van der Waals surface area contributed by atoms with Gasteiger partial charge in [0.1, 0.15) is 22.3 Å². The summed E-state index contributed by atoms with van der Waals surface area (Å²) in [6, 6.07) is 5.08. The standard InChI is InChI=1S/C18H20N4O3/c1-4-8-21-15(19)12(18(24)25-5-2)9-13-16(21)20-14-7-6-11(3)10-22(14)17(13)23/h6-7,9-10,19H,4-5,8H2,1-3H3. The van der Waals surface area contributed by atoms with Crippen LogP contribution in [-0.2, 0) is 11.3 Å². The maximum Gasteiger partial charge on any atom is 0.341 e. The van der Waals surface area contributed by atoms with Gasteiger partial charge in [-0.3, -0.25) is 14.6 Å². The summed E-state index contributed by atoms with van der Waals surface area (Å²) in [5.74, 6) is -0.604. The Morgan fingerprint density at radius 3 is 2.76 bits per heavy atom. The Morgan fingerprint density at radius 1 is 1.32 bits per heavy atom. The van der Waals surface area contributed by atoms with E-state index in [1.54, 1.807) is 23.8 Å². The third-order valence-electron chi connectivity index (χ3n) is 4.00. The molecule has 0 saturated heterocycles. The molecule has 7 nitrogen and oxygen atoms in total. The molecule has 0 spiro atoms. The minimum Gasteiger partial charge on any atom is -0.462 e. The SMILES string of the molecule is CCCn1c(=N)c(C(=O)OCC)cc2c(=O)n3cc(C)ccc3nc21. The van der Waals surface area contributed by atoms with Crippen molar-refractivity contribution in [1.29, 1.82) is 5.41 Å².